The lowest BCUT2D eigenvalue weighted by molar-refractivity contribution is 0.0900. The highest BCUT2D eigenvalue weighted by Gasteiger charge is 2.29. The van der Waals surface area contributed by atoms with Gasteiger partial charge >= 0.3 is 5.38 Å². The number of aromatic nitrogens is 1. The molecule has 0 spiro atoms. The second kappa shape index (κ2) is 3.03. The Morgan fingerprint density at radius 2 is 2.17 bits per heavy atom. The van der Waals surface area contributed by atoms with Crippen molar-refractivity contribution in [2.24, 2.45) is 0 Å². The molecule has 0 bridgehead atoms. The van der Waals surface area contributed by atoms with Gasteiger partial charge in [-0.2, -0.15) is 14.0 Å². The highest BCUT2D eigenvalue weighted by atomic mass is 35.5. The van der Waals surface area contributed by atoms with Crippen molar-refractivity contribution in [2.75, 3.05) is 0 Å². The van der Waals surface area contributed by atoms with Crippen LogP contribution in [0.4, 0.5) is 8.78 Å². The summed E-state index contributed by atoms with van der Waals surface area (Å²) in [7, 11) is 0. The lowest BCUT2D eigenvalue weighted by atomic mass is 10.3. The van der Waals surface area contributed by atoms with E-state index in [-0.39, 0.29) is 5.56 Å². The van der Waals surface area contributed by atoms with Gasteiger partial charge < -0.3 is 0 Å². The number of nitriles is 1. The smallest absolute Gasteiger partial charge is 0.252 e. The van der Waals surface area contributed by atoms with E-state index in [4.69, 9.17) is 5.26 Å². The first kappa shape index (κ1) is 8.88. The van der Waals surface area contributed by atoms with E-state index in [0.29, 0.717) is 0 Å². The number of alkyl halides is 3. The molecular formula is C7H3ClF2N2. The SMILES string of the molecule is N#Cc1ccc(C(F)(F)Cl)nc1. The third-order valence-electron chi connectivity index (χ3n) is 1.18. The Balaban J connectivity index is 3.02. The topological polar surface area (TPSA) is 36.7 Å². The number of hydrogen-bond donors (Lipinski definition) is 0. The Bertz CT molecular complexity index is 310. The standard InChI is InChI=1S/C7H3ClF2N2/c8-7(9,10)6-2-1-5(3-11)4-12-6/h1-2,4H. The molecule has 1 rings (SSSR count). The average Bonchev–Trinajstić information content (AvgIpc) is 2.03. The zero-order chi connectivity index (χ0) is 9.19. The molecule has 0 aliphatic carbocycles. The van der Waals surface area contributed by atoms with Crippen molar-refractivity contribution in [1.29, 1.82) is 5.26 Å². The predicted octanol–water partition coefficient (Wildman–Crippen LogP) is 2.24. The lowest BCUT2D eigenvalue weighted by Crippen LogP contribution is -2.05. The van der Waals surface area contributed by atoms with Crippen molar-refractivity contribution in [1.82, 2.24) is 4.98 Å². The molecule has 0 amide bonds. The molecule has 0 fully saturated rings. The fourth-order valence-corrected chi connectivity index (χ4v) is 0.739. The Kier molecular flexibility index (Phi) is 2.25. The van der Waals surface area contributed by atoms with Gasteiger partial charge in [0.05, 0.1) is 5.56 Å². The van der Waals surface area contributed by atoms with Crippen LogP contribution in [0.3, 0.4) is 0 Å². The van der Waals surface area contributed by atoms with Gasteiger partial charge in [-0.05, 0) is 23.7 Å². The first-order valence-corrected chi connectivity index (χ1v) is 3.35. The minimum atomic E-state index is -3.46. The van der Waals surface area contributed by atoms with Crippen molar-refractivity contribution in [3.8, 4) is 6.07 Å². The summed E-state index contributed by atoms with van der Waals surface area (Å²) in [5, 5.41) is 4.86. The zero-order valence-corrected chi connectivity index (χ0v) is 6.52. The molecular weight excluding hydrogens is 186 g/mol. The van der Waals surface area contributed by atoms with Gasteiger partial charge in [0.15, 0.2) is 0 Å². The second-order valence-corrected chi connectivity index (χ2v) is 2.52. The molecule has 0 saturated carbocycles. The van der Waals surface area contributed by atoms with Gasteiger partial charge in [-0.3, -0.25) is 4.98 Å². The van der Waals surface area contributed by atoms with Crippen LogP contribution in [0.5, 0.6) is 0 Å². The molecule has 0 aliphatic heterocycles. The lowest BCUT2D eigenvalue weighted by Gasteiger charge is -2.05. The summed E-state index contributed by atoms with van der Waals surface area (Å²) >= 11 is 4.68. The van der Waals surface area contributed by atoms with E-state index in [1.54, 1.807) is 6.07 Å². The van der Waals surface area contributed by atoms with Crippen LogP contribution < -0.4 is 0 Å². The van der Waals surface area contributed by atoms with Crippen molar-refractivity contribution in [3.05, 3.63) is 29.6 Å². The number of nitrogens with zero attached hydrogens (tertiary/aromatic N) is 2. The molecule has 1 aromatic rings. The van der Waals surface area contributed by atoms with Crippen LogP contribution in [0.15, 0.2) is 18.3 Å². The van der Waals surface area contributed by atoms with E-state index in [1.165, 1.54) is 6.07 Å². The highest BCUT2D eigenvalue weighted by molar-refractivity contribution is 6.21. The van der Waals surface area contributed by atoms with E-state index < -0.39 is 11.1 Å². The fraction of sp³-hybridized carbons (Fsp3) is 0.143. The molecule has 0 saturated heterocycles. The van der Waals surface area contributed by atoms with E-state index in [2.05, 4.69) is 16.6 Å². The Morgan fingerprint density at radius 3 is 2.50 bits per heavy atom. The largest absolute Gasteiger partial charge is 0.364 e. The first-order valence-electron chi connectivity index (χ1n) is 2.97. The molecule has 2 nitrogen and oxygen atoms in total. The van der Waals surface area contributed by atoms with E-state index in [1.807, 2.05) is 0 Å². The maximum Gasteiger partial charge on any atom is 0.364 e. The molecule has 0 N–H and O–H groups in total. The van der Waals surface area contributed by atoms with Crippen molar-refractivity contribution >= 4 is 11.6 Å². The maximum absolute atomic E-state index is 12.3. The van der Waals surface area contributed by atoms with Gasteiger partial charge in [-0.25, -0.2) is 0 Å². The van der Waals surface area contributed by atoms with Crippen LogP contribution >= 0.6 is 11.6 Å². The van der Waals surface area contributed by atoms with Crippen LogP contribution in [0.2, 0.25) is 0 Å². The second-order valence-electron chi connectivity index (χ2n) is 2.04. The molecule has 5 heteroatoms. The first-order chi connectivity index (χ1) is 5.54. The predicted molar refractivity (Wildman–Crippen MR) is 38.7 cm³/mol. The van der Waals surface area contributed by atoms with Crippen molar-refractivity contribution in [2.45, 2.75) is 5.38 Å². The maximum atomic E-state index is 12.3. The summed E-state index contributed by atoms with van der Waals surface area (Å²) in [6, 6.07) is 4.01. The summed E-state index contributed by atoms with van der Waals surface area (Å²) in [6.45, 7) is 0. The quantitative estimate of drug-likeness (QED) is 0.634. The summed E-state index contributed by atoms with van der Waals surface area (Å²) < 4.78 is 24.6. The average molecular weight is 189 g/mol. The van der Waals surface area contributed by atoms with E-state index in [9.17, 15) is 8.78 Å². The Labute approximate surface area is 72.4 Å². The minimum absolute atomic E-state index is 0.222. The molecule has 0 aromatic carbocycles. The van der Waals surface area contributed by atoms with Gasteiger partial charge in [0.2, 0.25) is 0 Å². The molecule has 12 heavy (non-hydrogen) atoms. The number of halogens is 3. The number of pyridine rings is 1. The van der Waals surface area contributed by atoms with Crippen LogP contribution in [0.25, 0.3) is 0 Å². The van der Waals surface area contributed by atoms with Crippen LogP contribution in [0.1, 0.15) is 11.3 Å². The van der Waals surface area contributed by atoms with Gasteiger partial charge in [-0.1, -0.05) is 0 Å². The summed E-state index contributed by atoms with van der Waals surface area (Å²) in [5.74, 6) is 0. The molecule has 0 radical (unpaired) electrons. The molecule has 1 heterocycles. The summed E-state index contributed by atoms with van der Waals surface area (Å²) in [4.78, 5) is 3.32. The molecule has 1 aromatic heterocycles. The third kappa shape index (κ3) is 1.89. The number of hydrogen-bond acceptors (Lipinski definition) is 2. The van der Waals surface area contributed by atoms with E-state index in [0.717, 1.165) is 12.3 Å². The van der Waals surface area contributed by atoms with Crippen LogP contribution in [-0.4, -0.2) is 4.98 Å². The van der Waals surface area contributed by atoms with Gasteiger partial charge in [0.25, 0.3) is 0 Å². The molecule has 0 unspecified atom stereocenters. The minimum Gasteiger partial charge on any atom is -0.252 e. The van der Waals surface area contributed by atoms with Crippen LogP contribution in [0, 0.1) is 11.3 Å². The number of rotatable bonds is 1. The summed E-state index contributed by atoms with van der Waals surface area (Å²) in [6.07, 6.45) is 1.05. The summed E-state index contributed by atoms with van der Waals surface area (Å²) in [5.41, 5.74) is -0.331. The normalized spacial score (nSPS) is 10.8. The van der Waals surface area contributed by atoms with Gasteiger partial charge in [-0.15, -0.1) is 0 Å². The third-order valence-corrected chi connectivity index (χ3v) is 1.38. The fourth-order valence-electron chi connectivity index (χ4n) is 0.628. The van der Waals surface area contributed by atoms with Crippen LogP contribution in [-0.2, 0) is 5.38 Å². The van der Waals surface area contributed by atoms with Gasteiger partial charge in [0.1, 0.15) is 11.8 Å². The van der Waals surface area contributed by atoms with E-state index >= 15 is 0 Å². The molecule has 62 valence electrons. The Morgan fingerprint density at radius 1 is 1.50 bits per heavy atom. The monoisotopic (exact) mass is 188 g/mol. The van der Waals surface area contributed by atoms with Crippen molar-refractivity contribution in [3.63, 3.8) is 0 Å². The molecule has 0 atom stereocenters. The highest BCUT2D eigenvalue weighted by Crippen LogP contribution is 2.30. The van der Waals surface area contributed by atoms with Gasteiger partial charge in [0, 0.05) is 6.20 Å². The zero-order valence-electron chi connectivity index (χ0n) is 5.76. The Hall–Kier alpha value is -1.21. The molecule has 0 aliphatic rings. The van der Waals surface area contributed by atoms with Crippen molar-refractivity contribution < 1.29 is 8.78 Å².